The van der Waals surface area contributed by atoms with Gasteiger partial charge < -0.3 is 9.73 Å². The summed E-state index contributed by atoms with van der Waals surface area (Å²) in [4.78, 5) is 24.4. The van der Waals surface area contributed by atoms with Crippen molar-refractivity contribution in [2.24, 2.45) is 5.92 Å². The Labute approximate surface area is 128 Å². The van der Waals surface area contributed by atoms with Gasteiger partial charge >= 0.3 is 5.63 Å². The first-order valence-corrected chi connectivity index (χ1v) is 7.33. The number of carbonyl (C=O) groups is 1. The average molecular weight is 303 g/mol. The summed E-state index contributed by atoms with van der Waals surface area (Å²) in [5.41, 5.74) is 1.33. The van der Waals surface area contributed by atoms with Crippen molar-refractivity contribution >= 4 is 11.6 Å². The monoisotopic (exact) mass is 303 g/mol. The highest BCUT2D eigenvalue weighted by Gasteiger charge is 2.18. The molecule has 1 amide bonds. The summed E-state index contributed by atoms with van der Waals surface area (Å²) in [6.45, 7) is 7.75. The van der Waals surface area contributed by atoms with Crippen LogP contribution in [-0.4, -0.2) is 16.1 Å². The molecule has 0 aliphatic rings. The van der Waals surface area contributed by atoms with Crippen molar-refractivity contribution in [2.45, 2.75) is 40.5 Å². The average Bonchev–Trinajstić information content (AvgIpc) is 2.81. The molecule has 0 saturated heterocycles. The van der Waals surface area contributed by atoms with E-state index in [2.05, 4.69) is 29.4 Å². The molecule has 0 aromatic carbocycles. The zero-order valence-corrected chi connectivity index (χ0v) is 13.3. The quantitative estimate of drug-likeness (QED) is 0.889. The van der Waals surface area contributed by atoms with E-state index in [4.69, 9.17) is 4.42 Å². The third-order valence-corrected chi connectivity index (χ3v) is 3.47. The molecular formula is C16H21N3O3. The van der Waals surface area contributed by atoms with Crippen LogP contribution in [0.15, 0.2) is 21.5 Å². The van der Waals surface area contributed by atoms with E-state index in [0.717, 1.165) is 12.1 Å². The van der Waals surface area contributed by atoms with Gasteiger partial charge in [-0.1, -0.05) is 13.8 Å². The van der Waals surface area contributed by atoms with E-state index in [1.807, 2.05) is 0 Å². The number of aryl methyl sites for hydroxylation is 3. The molecule has 0 atom stereocenters. The molecule has 0 saturated carbocycles. The maximum absolute atomic E-state index is 12.3. The fraction of sp³-hybridized carbons (Fsp3) is 0.438. The molecule has 0 bridgehead atoms. The fourth-order valence-corrected chi connectivity index (χ4v) is 2.16. The number of aromatic nitrogens is 2. The van der Waals surface area contributed by atoms with E-state index < -0.39 is 11.5 Å². The van der Waals surface area contributed by atoms with Crippen molar-refractivity contribution in [3.05, 3.63) is 45.3 Å². The van der Waals surface area contributed by atoms with Crippen LogP contribution in [0.3, 0.4) is 0 Å². The number of nitrogens with one attached hydrogen (secondary N) is 2. The predicted molar refractivity (Wildman–Crippen MR) is 84.2 cm³/mol. The minimum absolute atomic E-state index is 0.0360. The lowest BCUT2D eigenvalue weighted by atomic mass is 10.0. The fourth-order valence-electron chi connectivity index (χ4n) is 2.16. The van der Waals surface area contributed by atoms with Crippen molar-refractivity contribution in [2.75, 3.05) is 5.32 Å². The Bertz CT molecular complexity index is 728. The lowest BCUT2D eigenvalue weighted by molar-refractivity contribution is 0.102. The highest BCUT2D eigenvalue weighted by Crippen LogP contribution is 2.14. The zero-order valence-electron chi connectivity index (χ0n) is 13.3. The molecule has 22 heavy (non-hydrogen) atoms. The molecular weight excluding hydrogens is 282 g/mol. The van der Waals surface area contributed by atoms with Crippen LogP contribution in [0.4, 0.5) is 5.69 Å². The Morgan fingerprint density at radius 1 is 1.41 bits per heavy atom. The molecule has 2 aromatic rings. The molecule has 0 spiro atoms. The smallest absolute Gasteiger partial charge is 0.349 e. The number of H-pyrrole nitrogens is 1. The van der Waals surface area contributed by atoms with Crippen molar-refractivity contribution in [3.8, 4) is 0 Å². The van der Waals surface area contributed by atoms with Gasteiger partial charge in [-0.05, 0) is 37.8 Å². The van der Waals surface area contributed by atoms with E-state index in [-0.39, 0.29) is 5.56 Å². The van der Waals surface area contributed by atoms with Crippen molar-refractivity contribution in [1.29, 1.82) is 0 Å². The minimum Gasteiger partial charge on any atom is -0.427 e. The lowest BCUT2D eigenvalue weighted by Gasteiger charge is -2.08. The van der Waals surface area contributed by atoms with Gasteiger partial charge in [-0.2, -0.15) is 5.10 Å². The van der Waals surface area contributed by atoms with E-state index in [1.165, 1.54) is 6.20 Å². The largest absolute Gasteiger partial charge is 0.427 e. The number of anilines is 1. The Balaban J connectivity index is 2.22. The molecule has 2 heterocycles. The van der Waals surface area contributed by atoms with Crippen LogP contribution in [0.5, 0.6) is 0 Å². The zero-order chi connectivity index (χ0) is 16.3. The highest BCUT2D eigenvalue weighted by molar-refractivity contribution is 6.05. The van der Waals surface area contributed by atoms with Crippen molar-refractivity contribution < 1.29 is 9.21 Å². The van der Waals surface area contributed by atoms with Gasteiger partial charge in [0.2, 0.25) is 0 Å². The second-order valence-electron chi connectivity index (χ2n) is 5.85. The van der Waals surface area contributed by atoms with Gasteiger partial charge in [0.25, 0.3) is 5.91 Å². The molecule has 0 unspecified atom stereocenters. The van der Waals surface area contributed by atoms with Crippen LogP contribution >= 0.6 is 0 Å². The first-order chi connectivity index (χ1) is 10.4. The van der Waals surface area contributed by atoms with E-state index in [0.29, 0.717) is 29.3 Å². The molecule has 0 fully saturated rings. The van der Waals surface area contributed by atoms with Crippen LogP contribution < -0.4 is 10.9 Å². The first kappa shape index (κ1) is 16.0. The summed E-state index contributed by atoms with van der Waals surface area (Å²) in [5.74, 6) is 0.663. The summed E-state index contributed by atoms with van der Waals surface area (Å²) in [7, 11) is 0. The minimum atomic E-state index is -0.600. The summed E-state index contributed by atoms with van der Waals surface area (Å²) in [6.07, 6.45) is 3.12. The SMILES string of the molecule is Cc1cc(CCC(C)C)oc(=O)c1C(=O)Nc1cn[nH]c1C. The first-order valence-electron chi connectivity index (χ1n) is 7.33. The molecule has 0 aliphatic carbocycles. The molecule has 118 valence electrons. The number of carbonyl (C=O) groups excluding carboxylic acids is 1. The van der Waals surface area contributed by atoms with E-state index in [1.54, 1.807) is 19.9 Å². The number of nitrogens with zero attached hydrogens (tertiary/aromatic N) is 1. The number of aromatic amines is 1. The van der Waals surface area contributed by atoms with Crippen LogP contribution in [0.25, 0.3) is 0 Å². The normalized spacial score (nSPS) is 11.0. The second kappa shape index (κ2) is 6.60. The number of amides is 1. The summed E-state index contributed by atoms with van der Waals surface area (Å²) < 4.78 is 5.27. The standard InChI is InChI=1S/C16H21N3O3/c1-9(2)5-6-12-7-10(3)14(16(21)22-12)15(20)18-13-8-17-19-11(13)4/h7-9H,5-6H2,1-4H3,(H,17,19)(H,18,20). The van der Waals surface area contributed by atoms with Gasteiger partial charge in [0.05, 0.1) is 17.6 Å². The third kappa shape index (κ3) is 3.63. The van der Waals surface area contributed by atoms with Gasteiger partial charge in [-0.25, -0.2) is 4.79 Å². The maximum atomic E-state index is 12.3. The maximum Gasteiger partial charge on any atom is 0.349 e. The van der Waals surface area contributed by atoms with E-state index in [9.17, 15) is 9.59 Å². The number of hydrogen-bond acceptors (Lipinski definition) is 4. The Morgan fingerprint density at radius 3 is 2.68 bits per heavy atom. The van der Waals surface area contributed by atoms with Gasteiger partial charge in [-0.15, -0.1) is 0 Å². The third-order valence-electron chi connectivity index (χ3n) is 3.47. The summed E-state index contributed by atoms with van der Waals surface area (Å²) in [6, 6.07) is 1.76. The predicted octanol–water partition coefficient (Wildman–Crippen LogP) is 2.82. The molecule has 6 nitrogen and oxygen atoms in total. The van der Waals surface area contributed by atoms with Gasteiger partial charge in [0, 0.05) is 6.42 Å². The Hall–Kier alpha value is -2.37. The highest BCUT2D eigenvalue weighted by atomic mass is 16.4. The molecule has 2 N–H and O–H groups in total. The van der Waals surface area contributed by atoms with Gasteiger partial charge in [-0.3, -0.25) is 9.89 Å². The molecule has 0 aliphatic heterocycles. The summed E-state index contributed by atoms with van der Waals surface area (Å²) >= 11 is 0. The van der Waals surface area contributed by atoms with Crippen molar-refractivity contribution in [3.63, 3.8) is 0 Å². The number of rotatable bonds is 5. The molecule has 2 rings (SSSR count). The van der Waals surface area contributed by atoms with Crippen molar-refractivity contribution in [1.82, 2.24) is 10.2 Å². The molecule has 6 heteroatoms. The van der Waals surface area contributed by atoms with E-state index >= 15 is 0 Å². The Morgan fingerprint density at radius 2 is 2.14 bits per heavy atom. The van der Waals surface area contributed by atoms with Crippen LogP contribution in [0.2, 0.25) is 0 Å². The summed E-state index contributed by atoms with van der Waals surface area (Å²) in [5, 5.41) is 9.22. The number of hydrogen-bond donors (Lipinski definition) is 2. The van der Waals surface area contributed by atoms with Crippen LogP contribution in [-0.2, 0) is 6.42 Å². The van der Waals surface area contributed by atoms with Crippen LogP contribution in [0.1, 0.15) is 47.6 Å². The Kier molecular flexibility index (Phi) is 4.80. The van der Waals surface area contributed by atoms with Gasteiger partial charge in [0.1, 0.15) is 11.3 Å². The van der Waals surface area contributed by atoms with Gasteiger partial charge in [0.15, 0.2) is 0 Å². The second-order valence-corrected chi connectivity index (χ2v) is 5.85. The van der Waals surface area contributed by atoms with Crippen LogP contribution in [0, 0.1) is 19.8 Å². The molecule has 2 aromatic heterocycles. The topological polar surface area (TPSA) is 88.0 Å². The molecule has 0 radical (unpaired) electrons. The lowest BCUT2D eigenvalue weighted by Crippen LogP contribution is -2.23.